The van der Waals surface area contributed by atoms with E-state index in [2.05, 4.69) is 5.32 Å². The van der Waals surface area contributed by atoms with Gasteiger partial charge in [0.15, 0.2) is 0 Å². The lowest BCUT2D eigenvalue weighted by atomic mass is 10.0. The third-order valence-corrected chi connectivity index (χ3v) is 3.13. The Bertz CT molecular complexity index is 631. The minimum absolute atomic E-state index is 0.115. The monoisotopic (exact) mass is 292 g/mol. The maximum Gasteiger partial charge on any atom is 0.228 e. The lowest BCUT2D eigenvalue weighted by Crippen LogP contribution is -2.16. The Kier molecular flexibility index (Phi) is 4.71. The van der Waals surface area contributed by atoms with Gasteiger partial charge in [0.05, 0.1) is 12.1 Å². The molecule has 0 spiro atoms. The Morgan fingerprint density at radius 2 is 1.90 bits per heavy atom. The number of hydrogen-bond donors (Lipinski definition) is 2. The van der Waals surface area contributed by atoms with Crippen molar-refractivity contribution < 1.29 is 9.18 Å². The Morgan fingerprint density at radius 1 is 1.20 bits per heavy atom. The van der Waals surface area contributed by atoms with Gasteiger partial charge in [-0.25, -0.2) is 4.39 Å². The summed E-state index contributed by atoms with van der Waals surface area (Å²) >= 11 is 5.66. The Balaban J connectivity index is 2.09. The fourth-order valence-electron chi connectivity index (χ4n) is 1.89. The molecule has 3 N–H and O–H groups in total. The van der Waals surface area contributed by atoms with Gasteiger partial charge in [-0.3, -0.25) is 4.79 Å². The van der Waals surface area contributed by atoms with E-state index in [4.69, 9.17) is 17.3 Å². The smallest absolute Gasteiger partial charge is 0.228 e. The molecule has 0 aliphatic heterocycles. The highest BCUT2D eigenvalue weighted by Crippen LogP contribution is 2.19. The summed E-state index contributed by atoms with van der Waals surface area (Å²) in [5.41, 5.74) is 7.47. The van der Waals surface area contributed by atoms with Crippen molar-refractivity contribution in [3.8, 4) is 0 Å². The molecule has 3 nitrogen and oxygen atoms in total. The summed E-state index contributed by atoms with van der Waals surface area (Å²) < 4.78 is 13.6. The molecule has 2 aromatic carbocycles. The minimum Gasteiger partial charge on any atom is -0.326 e. The molecule has 2 rings (SSSR count). The number of carbonyl (C=O) groups excluding carboxylic acids is 1. The molecule has 0 fully saturated rings. The van der Waals surface area contributed by atoms with Crippen molar-refractivity contribution >= 4 is 23.2 Å². The van der Waals surface area contributed by atoms with Crippen LogP contribution in [0.2, 0.25) is 5.02 Å². The molecule has 20 heavy (non-hydrogen) atoms. The normalized spacial score (nSPS) is 10.3. The van der Waals surface area contributed by atoms with Gasteiger partial charge in [0, 0.05) is 11.6 Å². The van der Waals surface area contributed by atoms with E-state index in [1.54, 1.807) is 0 Å². The van der Waals surface area contributed by atoms with Gasteiger partial charge in [-0.05, 0) is 29.3 Å². The quantitative estimate of drug-likeness (QED) is 0.910. The van der Waals surface area contributed by atoms with Crippen LogP contribution in [0.4, 0.5) is 10.1 Å². The second-order valence-corrected chi connectivity index (χ2v) is 4.76. The number of nitrogens with two attached hydrogens (primary N) is 1. The summed E-state index contributed by atoms with van der Waals surface area (Å²) in [6.45, 7) is 0.360. The van der Waals surface area contributed by atoms with Crippen molar-refractivity contribution in [3.63, 3.8) is 0 Å². The van der Waals surface area contributed by atoms with Crippen LogP contribution in [0.1, 0.15) is 11.1 Å². The lowest BCUT2D eigenvalue weighted by Gasteiger charge is -2.09. The van der Waals surface area contributed by atoms with E-state index in [-0.39, 0.29) is 23.0 Å². The van der Waals surface area contributed by atoms with Gasteiger partial charge in [0.1, 0.15) is 5.82 Å². The predicted octanol–water partition coefficient (Wildman–Crippen LogP) is 3.12. The minimum atomic E-state index is -0.557. The van der Waals surface area contributed by atoms with Crippen molar-refractivity contribution in [1.29, 1.82) is 0 Å². The number of anilines is 1. The number of rotatable bonds is 4. The van der Waals surface area contributed by atoms with Gasteiger partial charge in [-0.1, -0.05) is 35.9 Å². The molecule has 0 aliphatic carbocycles. The number of amides is 1. The molecule has 0 aliphatic rings. The van der Waals surface area contributed by atoms with E-state index in [9.17, 15) is 9.18 Å². The second kappa shape index (κ2) is 6.50. The van der Waals surface area contributed by atoms with Gasteiger partial charge in [-0.15, -0.1) is 0 Å². The summed E-state index contributed by atoms with van der Waals surface area (Å²) in [6, 6.07) is 11.5. The average Bonchev–Trinajstić information content (AvgIpc) is 2.42. The van der Waals surface area contributed by atoms with Crippen LogP contribution in [0.25, 0.3) is 0 Å². The predicted molar refractivity (Wildman–Crippen MR) is 78.1 cm³/mol. The number of nitrogens with one attached hydrogen (secondary N) is 1. The third kappa shape index (κ3) is 3.56. The fraction of sp³-hybridized carbons (Fsp3) is 0.133. The largest absolute Gasteiger partial charge is 0.326 e. The van der Waals surface area contributed by atoms with Gasteiger partial charge in [0.2, 0.25) is 5.91 Å². The Labute approximate surface area is 121 Å². The summed E-state index contributed by atoms with van der Waals surface area (Å²) in [4.78, 5) is 11.9. The molecule has 0 atom stereocenters. The first-order chi connectivity index (χ1) is 9.60. The molecule has 0 aromatic heterocycles. The zero-order valence-corrected chi connectivity index (χ0v) is 11.5. The molecule has 104 valence electrons. The van der Waals surface area contributed by atoms with Crippen LogP contribution >= 0.6 is 11.6 Å². The standard InChI is InChI=1S/C15H14ClFN2O/c16-12-5-6-14(13(17)8-12)19-15(20)7-10-3-1-2-4-11(10)9-18/h1-6,8H,7,9,18H2,(H,19,20). The van der Waals surface area contributed by atoms with E-state index < -0.39 is 5.82 Å². The Morgan fingerprint density at radius 3 is 2.55 bits per heavy atom. The van der Waals surface area contributed by atoms with Crippen LogP contribution in [0, 0.1) is 5.82 Å². The Hall–Kier alpha value is -1.91. The summed E-state index contributed by atoms with van der Waals surface area (Å²) in [5.74, 6) is -0.856. The van der Waals surface area contributed by atoms with Gasteiger partial charge in [0.25, 0.3) is 0 Å². The van der Waals surface area contributed by atoms with E-state index >= 15 is 0 Å². The first kappa shape index (κ1) is 14.5. The molecule has 0 radical (unpaired) electrons. The first-order valence-corrected chi connectivity index (χ1v) is 6.49. The number of hydrogen-bond acceptors (Lipinski definition) is 2. The van der Waals surface area contributed by atoms with Crippen molar-refractivity contribution in [2.45, 2.75) is 13.0 Å². The summed E-state index contributed by atoms with van der Waals surface area (Å²) in [5, 5.41) is 2.81. The van der Waals surface area contributed by atoms with E-state index in [0.29, 0.717) is 6.54 Å². The second-order valence-electron chi connectivity index (χ2n) is 4.32. The third-order valence-electron chi connectivity index (χ3n) is 2.89. The van der Waals surface area contributed by atoms with E-state index in [0.717, 1.165) is 17.2 Å². The molecule has 0 heterocycles. The van der Waals surface area contributed by atoms with E-state index in [1.807, 2.05) is 24.3 Å². The number of benzene rings is 2. The van der Waals surface area contributed by atoms with Crippen molar-refractivity contribution in [3.05, 3.63) is 64.4 Å². The average molecular weight is 293 g/mol. The molecule has 2 aromatic rings. The van der Waals surface area contributed by atoms with Gasteiger partial charge >= 0.3 is 0 Å². The van der Waals surface area contributed by atoms with Crippen LogP contribution in [0.5, 0.6) is 0 Å². The van der Waals surface area contributed by atoms with E-state index in [1.165, 1.54) is 12.1 Å². The highest BCUT2D eigenvalue weighted by molar-refractivity contribution is 6.30. The highest BCUT2D eigenvalue weighted by atomic mass is 35.5. The van der Waals surface area contributed by atoms with Crippen LogP contribution < -0.4 is 11.1 Å². The van der Waals surface area contributed by atoms with Gasteiger partial charge < -0.3 is 11.1 Å². The topological polar surface area (TPSA) is 55.1 Å². The van der Waals surface area contributed by atoms with Crippen LogP contribution in [0.15, 0.2) is 42.5 Å². The number of carbonyl (C=O) groups is 1. The first-order valence-electron chi connectivity index (χ1n) is 6.12. The lowest BCUT2D eigenvalue weighted by molar-refractivity contribution is -0.115. The van der Waals surface area contributed by atoms with Crippen molar-refractivity contribution in [2.75, 3.05) is 5.32 Å². The van der Waals surface area contributed by atoms with Gasteiger partial charge in [-0.2, -0.15) is 0 Å². The van der Waals surface area contributed by atoms with Crippen LogP contribution in [-0.2, 0) is 17.8 Å². The highest BCUT2D eigenvalue weighted by Gasteiger charge is 2.10. The zero-order valence-electron chi connectivity index (χ0n) is 10.7. The summed E-state index contributed by atoms with van der Waals surface area (Å²) in [7, 11) is 0. The molecular formula is C15H14ClFN2O. The molecule has 5 heteroatoms. The molecule has 0 saturated carbocycles. The maximum atomic E-state index is 13.6. The molecule has 0 unspecified atom stereocenters. The van der Waals surface area contributed by atoms with Crippen molar-refractivity contribution in [2.24, 2.45) is 5.73 Å². The number of halogens is 2. The van der Waals surface area contributed by atoms with Crippen molar-refractivity contribution in [1.82, 2.24) is 0 Å². The molecule has 0 bridgehead atoms. The molecular weight excluding hydrogens is 279 g/mol. The molecule has 0 saturated heterocycles. The fourth-order valence-corrected chi connectivity index (χ4v) is 2.05. The summed E-state index contributed by atoms with van der Waals surface area (Å²) in [6.07, 6.45) is 0.148. The molecule has 1 amide bonds. The SMILES string of the molecule is NCc1ccccc1CC(=O)Nc1ccc(Cl)cc1F. The maximum absolute atomic E-state index is 13.6. The van der Waals surface area contributed by atoms with Crippen LogP contribution in [-0.4, -0.2) is 5.91 Å². The zero-order chi connectivity index (χ0) is 14.5. The van der Waals surface area contributed by atoms with Crippen LogP contribution in [0.3, 0.4) is 0 Å².